The molecule has 108 valence electrons. The number of hydrogen-bond donors (Lipinski definition) is 2. The average molecular weight is 301 g/mol. The number of hydrogen-bond acceptors (Lipinski definition) is 2. The van der Waals surface area contributed by atoms with E-state index in [1.54, 1.807) is 0 Å². The Bertz CT molecular complexity index is 684. The highest BCUT2D eigenvalue weighted by Gasteiger charge is 2.18. The van der Waals surface area contributed by atoms with Crippen LogP contribution in [0.15, 0.2) is 42.5 Å². The summed E-state index contributed by atoms with van der Waals surface area (Å²) < 4.78 is 0. The van der Waals surface area contributed by atoms with E-state index in [0.29, 0.717) is 18.0 Å². The van der Waals surface area contributed by atoms with Crippen LogP contribution in [-0.4, -0.2) is 12.5 Å². The van der Waals surface area contributed by atoms with Gasteiger partial charge in [-0.3, -0.25) is 4.79 Å². The first kappa shape index (κ1) is 14.1. The monoisotopic (exact) mass is 300 g/mol. The van der Waals surface area contributed by atoms with Crippen LogP contribution in [0.25, 0.3) is 0 Å². The Balaban J connectivity index is 1.83. The van der Waals surface area contributed by atoms with Gasteiger partial charge >= 0.3 is 0 Å². The smallest absolute Gasteiger partial charge is 0.251 e. The third kappa shape index (κ3) is 3.09. The maximum absolute atomic E-state index is 11.9. The normalized spacial score (nSPS) is 15.2. The quantitative estimate of drug-likeness (QED) is 0.916. The lowest BCUT2D eigenvalue weighted by Gasteiger charge is -2.19. The molecule has 21 heavy (non-hydrogen) atoms. The van der Waals surface area contributed by atoms with E-state index in [1.165, 1.54) is 0 Å². The van der Waals surface area contributed by atoms with E-state index in [2.05, 4.69) is 5.32 Å². The number of carbonyl (C=O) groups excluding carboxylic acids is 1. The van der Waals surface area contributed by atoms with Crippen LogP contribution in [0, 0.1) is 0 Å². The van der Waals surface area contributed by atoms with Crippen molar-refractivity contribution in [2.24, 2.45) is 5.73 Å². The van der Waals surface area contributed by atoms with Gasteiger partial charge in [0.2, 0.25) is 0 Å². The first-order valence-corrected chi connectivity index (χ1v) is 7.42. The van der Waals surface area contributed by atoms with Crippen molar-refractivity contribution in [2.45, 2.75) is 18.9 Å². The average Bonchev–Trinajstić information content (AvgIpc) is 2.47. The summed E-state index contributed by atoms with van der Waals surface area (Å²) >= 11 is 5.99. The van der Waals surface area contributed by atoms with Crippen molar-refractivity contribution in [3.05, 3.63) is 69.7 Å². The zero-order valence-corrected chi connectivity index (χ0v) is 12.4. The zero-order valence-electron chi connectivity index (χ0n) is 11.6. The lowest BCUT2D eigenvalue weighted by molar-refractivity contribution is 0.0946. The minimum absolute atomic E-state index is 0.00643. The molecule has 2 aromatic rings. The van der Waals surface area contributed by atoms with Gasteiger partial charge in [0.15, 0.2) is 0 Å². The third-order valence-corrected chi connectivity index (χ3v) is 4.07. The number of carbonyl (C=O) groups is 1. The predicted octanol–water partition coefficient (Wildman–Crippen LogP) is 2.87. The van der Waals surface area contributed by atoms with Crippen molar-refractivity contribution in [2.75, 3.05) is 6.54 Å². The van der Waals surface area contributed by atoms with E-state index in [1.807, 2.05) is 42.5 Å². The van der Waals surface area contributed by atoms with E-state index < -0.39 is 0 Å². The number of nitrogens with two attached hydrogens (primary N) is 1. The Morgan fingerprint density at radius 2 is 2.10 bits per heavy atom. The summed E-state index contributed by atoms with van der Waals surface area (Å²) in [7, 11) is 0. The van der Waals surface area contributed by atoms with Crippen LogP contribution in [-0.2, 0) is 12.8 Å². The van der Waals surface area contributed by atoms with Gasteiger partial charge in [0.1, 0.15) is 0 Å². The topological polar surface area (TPSA) is 55.1 Å². The number of halogens is 1. The molecule has 0 spiro atoms. The van der Waals surface area contributed by atoms with Gasteiger partial charge in [-0.2, -0.15) is 0 Å². The van der Waals surface area contributed by atoms with Crippen LogP contribution in [0.1, 0.15) is 33.1 Å². The summed E-state index contributed by atoms with van der Waals surface area (Å²) in [6, 6.07) is 13.5. The van der Waals surface area contributed by atoms with Gasteiger partial charge < -0.3 is 11.1 Å². The van der Waals surface area contributed by atoms with Crippen molar-refractivity contribution in [3.63, 3.8) is 0 Å². The Kier molecular flexibility index (Phi) is 3.95. The fraction of sp³-hybridized carbons (Fsp3) is 0.235. The van der Waals surface area contributed by atoms with Crippen LogP contribution in [0.2, 0.25) is 5.02 Å². The number of nitrogens with one attached hydrogen (secondary N) is 1. The predicted molar refractivity (Wildman–Crippen MR) is 84.6 cm³/mol. The molecule has 3 nitrogen and oxygen atoms in total. The molecule has 0 aliphatic carbocycles. The van der Waals surface area contributed by atoms with Gasteiger partial charge in [0.25, 0.3) is 5.91 Å². The van der Waals surface area contributed by atoms with Gasteiger partial charge in [-0.15, -0.1) is 0 Å². The van der Waals surface area contributed by atoms with Crippen molar-refractivity contribution in [1.82, 2.24) is 5.32 Å². The van der Waals surface area contributed by atoms with E-state index in [9.17, 15) is 4.79 Å². The summed E-state index contributed by atoms with van der Waals surface area (Å²) in [5.74, 6) is -0.00643. The van der Waals surface area contributed by atoms with Gasteiger partial charge in [-0.05, 0) is 47.7 Å². The molecule has 0 aromatic heterocycles. The van der Waals surface area contributed by atoms with Crippen LogP contribution in [0.5, 0.6) is 0 Å². The van der Waals surface area contributed by atoms with Crippen molar-refractivity contribution in [3.8, 4) is 0 Å². The zero-order chi connectivity index (χ0) is 14.8. The largest absolute Gasteiger partial charge is 0.352 e. The molecule has 0 radical (unpaired) electrons. The molecular weight excluding hydrogens is 284 g/mol. The molecule has 1 aliphatic rings. The second kappa shape index (κ2) is 5.88. The second-order valence-electron chi connectivity index (χ2n) is 5.36. The van der Waals surface area contributed by atoms with Crippen LogP contribution < -0.4 is 11.1 Å². The second-order valence-corrected chi connectivity index (χ2v) is 5.80. The number of benzene rings is 2. The van der Waals surface area contributed by atoms with Crippen LogP contribution >= 0.6 is 11.6 Å². The molecule has 4 heteroatoms. The molecule has 1 aliphatic heterocycles. The highest BCUT2D eigenvalue weighted by Crippen LogP contribution is 2.22. The summed E-state index contributed by atoms with van der Waals surface area (Å²) in [6.07, 6.45) is 1.58. The lowest BCUT2D eigenvalue weighted by Crippen LogP contribution is -2.32. The minimum Gasteiger partial charge on any atom is -0.352 e. The molecule has 3 N–H and O–H groups in total. The molecule has 1 unspecified atom stereocenters. The molecule has 0 saturated heterocycles. The Morgan fingerprint density at radius 1 is 1.24 bits per heavy atom. The number of amides is 1. The highest BCUT2D eigenvalue weighted by atomic mass is 35.5. The molecule has 3 rings (SSSR count). The maximum Gasteiger partial charge on any atom is 0.251 e. The maximum atomic E-state index is 11.9. The molecule has 0 saturated carbocycles. The first-order chi connectivity index (χ1) is 10.1. The van der Waals surface area contributed by atoms with Crippen molar-refractivity contribution >= 4 is 17.5 Å². The minimum atomic E-state index is -0.150. The highest BCUT2D eigenvalue weighted by molar-refractivity contribution is 6.30. The van der Waals surface area contributed by atoms with E-state index >= 15 is 0 Å². The summed E-state index contributed by atoms with van der Waals surface area (Å²) in [5, 5.41) is 3.58. The van der Waals surface area contributed by atoms with Gasteiger partial charge in [-0.1, -0.05) is 35.9 Å². The van der Waals surface area contributed by atoms with Crippen LogP contribution in [0.3, 0.4) is 0 Å². The molecule has 1 amide bonds. The SMILES string of the molecule is NC(Cc1cccc(Cl)c1)c1ccc2c(c1)C(=O)NCC2. The summed E-state index contributed by atoms with van der Waals surface area (Å²) in [6.45, 7) is 0.708. The molecule has 0 bridgehead atoms. The van der Waals surface area contributed by atoms with Crippen LogP contribution in [0.4, 0.5) is 0 Å². The molecule has 1 heterocycles. The lowest BCUT2D eigenvalue weighted by atomic mass is 9.93. The molecular formula is C17H17ClN2O. The Hall–Kier alpha value is -1.84. The van der Waals surface area contributed by atoms with E-state index in [0.717, 1.165) is 28.7 Å². The van der Waals surface area contributed by atoms with Gasteiger partial charge in [0.05, 0.1) is 0 Å². The standard InChI is InChI=1S/C17H17ClN2O/c18-14-3-1-2-11(8-14)9-16(19)13-5-4-12-6-7-20-17(21)15(12)10-13/h1-5,8,10,16H,6-7,9,19H2,(H,20,21). The fourth-order valence-electron chi connectivity index (χ4n) is 2.70. The molecule has 2 aromatic carbocycles. The Labute approximate surface area is 129 Å². The van der Waals surface area contributed by atoms with Gasteiger partial charge in [0, 0.05) is 23.2 Å². The van der Waals surface area contributed by atoms with Gasteiger partial charge in [-0.25, -0.2) is 0 Å². The first-order valence-electron chi connectivity index (χ1n) is 7.04. The van der Waals surface area contributed by atoms with Crippen molar-refractivity contribution < 1.29 is 4.79 Å². The summed E-state index contributed by atoms with van der Waals surface area (Å²) in [4.78, 5) is 11.9. The number of rotatable bonds is 3. The third-order valence-electron chi connectivity index (χ3n) is 3.83. The number of fused-ring (bicyclic) bond motifs is 1. The van der Waals surface area contributed by atoms with E-state index in [4.69, 9.17) is 17.3 Å². The molecule has 1 atom stereocenters. The van der Waals surface area contributed by atoms with E-state index in [-0.39, 0.29) is 11.9 Å². The molecule has 0 fully saturated rings. The Morgan fingerprint density at radius 3 is 2.90 bits per heavy atom. The summed E-state index contributed by atoms with van der Waals surface area (Å²) in [5.41, 5.74) is 10.2. The van der Waals surface area contributed by atoms with Crippen molar-refractivity contribution in [1.29, 1.82) is 0 Å². The fourth-order valence-corrected chi connectivity index (χ4v) is 2.91.